The van der Waals surface area contributed by atoms with Crippen LogP contribution in [0.15, 0.2) is 0 Å². The summed E-state index contributed by atoms with van der Waals surface area (Å²) in [6.45, 7) is 7.42. The first-order chi connectivity index (χ1) is 15.1. The van der Waals surface area contributed by atoms with Crippen LogP contribution in [-0.2, 0) is 9.47 Å². The van der Waals surface area contributed by atoms with Crippen LogP contribution in [0.25, 0.3) is 0 Å². The monoisotopic (exact) mass is 452 g/mol. The molecule has 0 aromatic carbocycles. The van der Waals surface area contributed by atoms with Gasteiger partial charge in [0.25, 0.3) is 12.3 Å². The highest BCUT2D eigenvalue weighted by molar-refractivity contribution is 7.18. The van der Waals surface area contributed by atoms with Crippen molar-refractivity contribution in [3.05, 3.63) is 16.0 Å². The van der Waals surface area contributed by atoms with E-state index in [4.69, 9.17) is 9.47 Å². The molecule has 1 aliphatic rings. The number of amides is 1. The van der Waals surface area contributed by atoms with Gasteiger partial charge in [0.1, 0.15) is 5.00 Å². The minimum atomic E-state index is -0.785. The number of cyclic esters (lactones) is 1. The Bertz CT molecular complexity index is 689. The number of anilines is 1. The van der Waals surface area contributed by atoms with Gasteiger partial charge in [0.2, 0.25) is 0 Å². The SMILES string of the molecule is CCCCCCCCNC(=O)c1sc2c(c1C)C(=O)OC(OCCCCCCCC)N2. The molecule has 0 fully saturated rings. The van der Waals surface area contributed by atoms with Crippen LogP contribution in [0.5, 0.6) is 0 Å². The highest BCUT2D eigenvalue weighted by atomic mass is 32.1. The molecule has 1 aliphatic heterocycles. The van der Waals surface area contributed by atoms with E-state index in [0.717, 1.165) is 25.7 Å². The van der Waals surface area contributed by atoms with Crippen molar-refractivity contribution in [2.45, 2.75) is 104 Å². The molecule has 1 atom stereocenters. The second-order valence-corrected chi connectivity index (χ2v) is 9.32. The predicted molar refractivity (Wildman–Crippen MR) is 127 cm³/mol. The summed E-state index contributed by atoms with van der Waals surface area (Å²) in [5, 5.41) is 6.77. The third-order valence-electron chi connectivity index (χ3n) is 5.60. The summed E-state index contributed by atoms with van der Waals surface area (Å²) < 4.78 is 11.1. The standard InChI is InChI=1S/C24H40N2O4S/c1-4-6-8-10-12-14-16-25-21(27)20-18(3)19-22(31-20)26-24(30-23(19)28)29-17-15-13-11-9-7-5-2/h24,26H,4-17H2,1-3H3,(H,25,27). The Hall–Kier alpha value is -1.60. The highest BCUT2D eigenvalue weighted by Gasteiger charge is 2.32. The number of ether oxygens (including phenoxy) is 2. The number of carbonyl (C=O) groups excluding carboxylic acids is 2. The Kier molecular flexibility index (Phi) is 12.0. The van der Waals surface area contributed by atoms with Crippen LogP contribution in [0, 0.1) is 6.92 Å². The topological polar surface area (TPSA) is 76.7 Å². The van der Waals surface area contributed by atoms with E-state index < -0.39 is 12.4 Å². The molecule has 0 saturated carbocycles. The van der Waals surface area contributed by atoms with Gasteiger partial charge in [-0.25, -0.2) is 4.79 Å². The zero-order valence-corrected chi connectivity index (χ0v) is 20.3. The summed E-state index contributed by atoms with van der Waals surface area (Å²) in [6, 6.07) is 0. The van der Waals surface area contributed by atoms with Gasteiger partial charge in [-0.2, -0.15) is 0 Å². The summed E-state index contributed by atoms with van der Waals surface area (Å²) in [4.78, 5) is 25.7. The summed E-state index contributed by atoms with van der Waals surface area (Å²) in [6.07, 6.45) is 13.4. The number of rotatable bonds is 16. The van der Waals surface area contributed by atoms with Crippen LogP contribution >= 0.6 is 11.3 Å². The molecule has 2 rings (SSSR count). The number of carbonyl (C=O) groups is 2. The van der Waals surface area contributed by atoms with Crippen molar-refractivity contribution in [1.29, 1.82) is 0 Å². The van der Waals surface area contributed by atoms with E-state index in [-0.39, 0.29) is 5.91 Å². The van der Waals surface area contributed by atoms with Gasteiger partial charge in [-0.15, -0.1) is 11.3 Å². The average molecular weight is 453 g/mol. The van der Waals surface area contributed by atoms with Crippen molar-refractivity contribution in [1.82, 2.24) is 5.32 Å². The summed E-state index contributed by atoms with van der Waals surface area (Å²) >= 11 is 1.30. The van der Waals surface area contributed by atoms with E-state index in [1.165, 1.54) is 62.7 Å². The van der Waals surface area contributed by atoms with Gasteiger partial charge in [0.05, 0.1) is 17.0 Å². The molecule has 176 valence electrons. The quantitative estimate of drug-likeness (QED) is 0.224. The minimum Gasteiger partial charge on any atom is -0.413 e. The van der Waals surface area contributed by atoms with Crippen molar-refractivity contribution < 1.29 is 19.1 Å². The maximum atomic E-state index is 12.6. The lowest BCUT2D eigenvalue weighted by molar-refractivity contribution is -0.0956. The number of fused-ring (bicyclic) bond motifs is 1. The normalized spacial score (nSPS) is 15.3. The molecule has 0 spiro atoms. The van der Waals surface area contributed by atoms with Crippen LogP contribution in [0.3, 0.4) is 0 Å². The van der Waals surface area contributed by atoms with E-state index in [9.17, 15) is 9.59 Å². The second-order valence-electron chi connectivity index (χ2n) is 8.30. The number of thiophene rings is 1. The van der Waals surface area contributed by atoms with Gasteiger partial charge in [-0.1, -0.05) is 78.1 Å². The van der Waals surface area contributed by atoms with E-state index in [2.05, 4.69) is 24.5 Å². The van der Waals surface area contributed by atoms with Gasteiger partial charge in [-0.3, -0.25) is 4.79 Å². The molecule has 2 N–H and O–H groups in total. The zero-order valence-electron chi connectivity index (χ0n) is 19.5. The van der Waals surface area contributed by atoms with Gasteiger partial charge in [-0.05, 0) is 25.3 Å². The number of hydrogen-bond acceptors (Lipinski definition) is 6. The Morgan fingerprint density at radius 2 is 1.61 bits per heavy atom. The molecule has 7 heteroatoms. The molecule has 0 bridgehead atoms. The molecule has 1 amide bonds. The van der Waals surface area contributed by atoms with Gasteiger partial charge >= 0.3 is 5.97 Å². The Morgan fingerprint density at radius 3 is 2.29 bits per heavy atom. The first-order valence-corrected chi connectivity index (χ1v) is 12.9. The molecule has 0 saturated heterocycles. The fraction of sp³-hybridized carbons (Fsp3) is 0.750. The van der Waals surface area contributed by atoms with Crippen molar-refractivity contribution >= 4 is 28.2 Å². The molecular weight excluding hydrogens is 412 g/mol. The van der Waals surface area contributed by atoms with Crippen molar-refractivity contribution in [3.8, 4) is 0 Å². The number of unbranched alkanes of at least 4 members (excludes halogenated alkanes) is 10. The maximum Gasteiger partial charge on any atom is 0.345 e. The van der Waals surface area contributed by atoms with E-state index in [0.29, 0.717) is 34.2 Å². The average Bonchev–Trinajstić information content (AvgIpc) is 3.09. The Morgan fingerprint density at radius 1 is 1.00 bits per heavy atom. The molecule has 6 nitrogen and oxygen atoms in total. The van der Waals surface area contributed by atoms with Crippen molar-refractivity contribution in [2.75, 3.05) is 18.5 Å². The first-order valence-electron chi connectivity index (χ1n) is 12.1. The highest BCUT2D eigenvalue weighted by Crippen LogP contribution is 2.37. The van der Waals surface area contributed by atoms with Crippen LogP contribution in [0.2, 0.25) is 0 Å². The third kappa shape index (κ3) is 8.45. The lowest BCUT2D eigenvalue weighted by Crippen LogP contribution is -2.34. The molecule has 2 heterocycles. The molecule has 1 aromatic rings. The second kappa shape index (κ2) is 14.5. The Labute approximate surface area is 191 Å². The van der Waals surface area contributed by atoms with E-state index in [1.807, 2.05) is 0 Å². The van der Waals surface area contributed by atoms with Crippen molar-refractivity contribution in [3.63, 3.8) is 0 Å². The number of esters is 1. The zero-order chi connectivity index (χ0) is 22.5. The number of nitrogens with one attached hydrogen (secondary N) is 2. The summed E-state index contributed by atoms with van der Waals surface area (Å²) in [5.41, 5.74) is 1.13. The van der Waals surface area contributed by atoms with E-state index in [1.54, 1.807) is 6.92 Å². The predicted octanol–water partition coefficient (Wildman–Crippen LogP) is 6.39. The first kappa shape index (κ1) is 25.7. The Balaban J connectivity index is 1.77. The smallest absolute Gasteiger partial charge is 0.345 e. The number of hydrogen-bond donors (Lipinski definition) is 2. The largest absolute Gasteiger partial charge is 0.413 e. The summed E-state index contributed by atoms with van der Waals surface area (Å²) in [5.74, 6) is -0.546. The van der Waals surface area contributed by atoms with Crippen LogP contribution in [0.1, 0.15) is 116 Å². The molecule has 1 unspecified atom stereocenters. The van der Waals surface area contributed by atoms with Gasteiger partial charge in [0, 0.05) is 6.54 Å². The maximum absolute atomic E-state index is 12.6. The van der Waals surface area contributed by atoms with Gasteiger partial charge in [0.15, 0.2) is 0 Å². The lowest BCUT2D eigenvalue weighted by Gasteiger charge is -2.24. The van der Waals surface area contributed by atoms with Crippen molar-refractivity contribution in [2.24, 2.45) is 0 Å². The molecule has 0 radical (unpaired) electrons. The molecular formula is C24H40N2O4S. The van der Waals surface area contributed by atoms with E-state index >= 15 is 0 Å². The third-order valence-corrected chi connectivity index (χ3v) is 6.82. The summed E-state index contributed by atoms with van der Waals surface area (Å²) in [7, 11) is 0. The fourth-order valence-electron chi connectivity index (χ4n) is 3.71. The molecule has 31 heavy (non-hydrogen) atoms. The van der Waals surface area contributed by atoms with Crippen LogP contribution in [0.4, 0.5) is 5.00 Å². The van der Waals surface area contributed by atoms with Crippen LogP contribution < -0.4 is 10.6 Å². The lowest BCUT2D eigenvalue weighted by atomic mass is 10.1. The molecule has 0 aliphatic carbocycles. The van der Waals surface area contributed by atoms with Crippen LogP contribution in [-0.4, -0.2) is 31.4 Å². The van der Waals surface area contributed by atoms with Gasteiger partial charge < -0.3 is 20.1 Å². The molecule has 1 aromatic heterocycles. The fourth-order valence-corrected chi connectivity index (χ4v) is 4.82. The minimum absolute atomic E-state index is 0.121.